The summed E-state index contributed by atoms with van der Waals surface area (Å²) in [5.41, 5.74) is 8.74. The molecule has 0 unspecified atom stereocenters. The summed E-state index contributed by atoms with van der Waals surface area (Å²) in [4.78, 5) is 11.8. The van der Waals surface area contributed by atoms with Crippen molar-refractivity contribution in [3.8, 4) is 12.1 Å². The van der Waals surface area contributed by atoms with Gasteiger partial charge in [-0.1, -0.05) is 0 Å². The number of aryl methyl sites for hydroxylation is 3. The predicted octanol–water partition coefficient (Wildman–Crippen LogP) is 5.64. The van der Waals surface area contributed by atoms with Crippen LogP contribution < -0.4 is 10.2 Å². The Morgan fingerprint density at radius 2 is 1.75 bits per heavy atom. The van der Waals surface area contributed by atoms with Crippen LogP contribution in [0.4, 0.5) is 23.1 Å². The number of nitrogens with zero attached hydrogens (tertiary/aromatic N) is 5. The molecule has 158 valence electrons. The van der Waals surface area contributed by atoms with Crippen LogP contribution in [0.15, 0.2) is 42.0 Å². The van der Waals surface area contributed by atoms with Gasteiger partial charge in [0, 0.05) is 34.8 Å². The molecule has 3 aromatic rings. The van der Waals surface area contributed by atoms with Crippen molar-refractivity contribution in [1.29, 1.82) is 10.5 Å². The van der Waals surface area contributed by atoms with Crippen LogP contribution in [0.1, 0.15) is 40.4 Å². The van der Waals surface area contributed by atoms with Crippen molar-refractivity contribution in [2.75, 3.05) is 16.8 Å². The van der Waals surface area contributed by atoms with Crippen LogP contribution in [0.5, 0.6) is 0 Å². The molecule has 6 heteroatoms. The molecule has 1 aliphatic rings. The molecule has 0 fully saturated rings. The Kier molecular flexibility index (Phi) is 5.62. The maximum Gasteiger partial charge on any atom is 0.229 e. The second-order valence-corrected chi connectivity index (χ2v) is 8.09. The zero-order valence-corrected chi connectivity index (χ0v) is 18.7. The van der Waals surface area contributed by atoms with Crippen molar-refractivity contribution in [1.82, 2.24) is 9.97 Å². The van der Waals surface area contributed by atoms with E-state index in [1.54, 1.807) is 12.1 Å². The van der Waals surface area contributed by atoms with Crippen molar-refractivity contribution in [3.05, 3.63) is 75.5 Å². The van der Waals surface area contributed by atoms with Gasteiger partial charge in [0.2, 0.25) is 5.95 Å². The molecule has 32 heavy (non-hydrogen) atoms. The second kappa shape index (κ2) is 8.53. The maximum atomic E-state index is 9.09. The molecule has 2 heterocycles. The van der Waals surface area contributed by atoms with E-state index in [0.717, 1.165) is 52.5 Å². The zero-order chi connectivity index (χ0) is 22.8. The predicted molar refractivity (Wildman–Crippen MR) is 127 cm³/mol. The first-order chi connectivity index (χ1) is 15.4. The first-order valence-corrected chi connectivity index (χ1v) is 10.5. The summed E-state index contributed by atoms with van der Waals surface area (Å²) < 4.78 is 0. The molecule has 0 bridgehead atoms. The molecule has 0 atom stereocenters. The normalized spacial score (nSPS) is 12.8. The molecule has 0 aliphatic carbocycles. The lowest BCUT2D eigenvalue weighted by Gasteiger charge is -2.24. The van der Waals surface area contributed by atoms with Gasteiger partial charge in [-0.3, -0.25) is 0 Å². The fraction of sp³-hybridized carbons (Fsp3) is 0.231. The molecule has 4 rings (SSSR count). The minimum Gasteiger partial charge on any atom is -0.325 e. The van der Waals surface area contributed by atoms with Gasteiger partial charge in [0.05, 0.1) is 17.7 Å². The molecule has 0 radical (unpaired) electrons. The average Bonchev–Trinajstić information content (AvgIpc) is 3.18. The van der Waals surface area contributed by atoms with Crippen molar-refractivity contribution in [2.24, 2.45) is 0 Å². The van der Waals surface area contributed by atoms with Gasteiger partial charge in [0.15, 0.2) is 0 Å². The number of hydrogen-bond donors (Lipinski definition) is 1. The van der Waals surface area contributed by atoms with Gasteiger partial charge in [-0.05, 0) is 93.3 Å². The Labute approximate surface area is 188 Å². The van der Waals surface area contributed by atoms with E-state index in [1.165, 1.54) is 5.56 Å². The summed E-state index contributed by atoms with van der Waals surface area (Å²) in [5, 5.41) is 21.4. The summed E-state index contributed by atoms with van der Waals surface area (Å²) in [7, 11) is 0. The van der Waals surface area contributed by atoms with E-state index in [1.807, 2.05) is 32.1 Å². The summed E-state index contributed by atoms with van der Waals surface area (Å²) in [5.74, 6) is 1.47. The first kappa shape index (κ1) is 21.1. The van der Waals surface area contributed by atoms with Crippen LogP contribution in [0.25, 0.3) is 6.08 Å². The standard InChI is InChI=1S/C26H24N6/c1-16(14-27)11-21-12-17(2)24(18(3)13-21)32-10-9-23-19(4)29-26(31-25(23)32)30-22-7-5-20(15-28)6-8-22/h5-8,11-13H,9-10H2,1-4H3,(H,29,30,31). The number of aromatic nitrogens is 2. The fourth-order valence-corrected chi connectivity index (χ4v) is 4.24. The van der Waals surface area contributed by atoms with E-state index in [2.05, 4.69) is 53.3 Å². The molecule has 0 amide bonds. The Morgan fingerprint density at radius 3 is 2.38 bits per heavy atom. The van der Waals surface area contributed by atoms with Crippen molar-refractivity contribution in [2.45, 2.75) is 34.1 Å². The Bertz CT molecular complexity index is 1280. The summed E-state index contributed by atoms with van der Waals surface area (Å²) in [6, 6.07) is 15.8. The van der Waals surface area contributed by atoms with Crippen LogP contribution in [0.2, 0.25) is 0 Å². The summed E-state index contributed by atoms with van der Waals surface area (Å²) in [6.45, 7) is 8.88. The van der Waals surface area contributed by atoms with Crippen LogP contribution in [0, 0.1) is 43.4 Å². The number of nitrogens with one attached hydrogen (secondary N) is 1. The molecule has 1 aliphatic heterocycles. The van der Waals surface area contributed by atoms with E-state index in [9.17, 15) is 0 Å². The zero-order valence-electron chi connectivity index (χ0n) is 18.7. The highest BCUT2D eigenvalue weighted by molar-refractivity contribution is 5.75. The maximum absolute atomic E-state index is 9.09. The first-order valence-electron chi connectivity index (χ1n) is 10.5. The van der Waals surface area contributed by atoms with Gasteiger partial charge in [-0.2, -0.15) is 15.5 Å². The molecule has 0 saturated heterocycles. The highest BCUT2D eigenvalue weighted by atomic mass is 15.3. The molecular weight excluding hydrogens is 396 g/mol. The third kappa shape index (κ3) is 4.04. The minimum absolute atomic E-state index is 0.539. The molecule has 6 nitrogen and oxygen atoms in total. The lowest BCUT2D eigenvalue weighted by atomic mass is 10.0. The molecule has 1 aromatic heterocycles. The highest BCUT2D eigenvalue weighted by Gasteiger charge is 2.27. The van der Waals surface area contributed by atoms with Crippen LogP contribution in [0.3, 0.4) is 0 Å². The highest BCUT2D eigenvalue weighted by Crippen LogP contribution is 2.39. The molecule has 2 aromatic carbocycles. The van der Waals surface area contributed by atoms with Crippen molar-refractivity contribution >= 4 is 29.2 Å². The number of benzene rings is 2. The van der Waals surface area contributed by atoms with Gasteiger partial charge in [0.1, 0.15) is 5.82 Å². The quantitative estimate of drug-likeness (QED) is 0.550. The third-order valence-electron chi connectivity index (χ3n) is 5.65. The lowest BCUT2D eigenvalue weighted by Crippen LogP contribution is -2.17. The van der Waals surface area contributed by atoms with E-state index in [4.69, 9.17) is 15.5 Å². The van der Waals surface area contributed by atoms with Gasteiger partial charge in [-0.25, -0.2) is 4.98 Å². The minimum atomic E-state index is 0.539. The topological polar surface area (TPSA) is 88.6 Å². The molecule has 0 spiro atoms. The Balaban J connectivity index is 1.70. The van der Waals surface area contributed by atoms with Crippen LogP contribution >= 0.6 is 0 Å². The summed E-state index contributed by atoms with van der Waals surface area (Å²) >= 11 is 0. The average molecular weight is 421 g/mol. The van der Waals surface area contributed by atoms with Crippen molar-refractivity contribution < 1.29 is 0 Å². The largest absolute Gasteiger partial charge is 0.325 e. The number of fused-ring (bicyclic) bond motifs is 1. The van der Waals surface area contributed by atoms with Gasteiger partial charge < -0.3 is 10.2 Å². The number of rotatable bonds is 4. The van der Waals surface area contributed by atoms with E-state index < -0.39 is 0 Å². The van der Waals surface area contributed by atoms with Crippen LogP contribution in [-0.4, -0.2) is 16.5 Å². The van der Waals surface area contributed by atoms with Gasteiger partial charge in [0.25, 0.3) is 0 Å². The second-order valence-electron chi connectivity index (χ2n) is 8.09. The summed E-state index contributed by atoms with van der Waals surface area (Å²) in [6.07, 6.45) is 2.81. The Hall–Kier alpha value is -4.16. The van der Waals surface area contributed by atoms with Gasteiger partial charge in [-0.15, -0.1) is 0 Å². The van der Waals surface area contributed by atoms with Gasteiger partial charge >= 0.3 is 0 Å². The van der Waals surface area contributed by atoms with E-state index >= 15 is 0 Å². The lowest BCUT2D eigenvalue weighted by molar-refractivity contribution is 0.975. The van der Waals surface area contributed by atoms with E-state index in [0.29, 0.717) is 17.1 Å². The molecular formula is C26H24N6. The monoisotopic (exact) mass is 420 g/mol. The number of anilines is 4. The Morgan fingerprint density at radius 1 is 1.06 bits per heavy atom. The number of nitriles is 2. The van der Waals surface area contributed by atoms with E-state index in [-0.39, 0.29) is 0 Å². The van der Waals surface area contributed by atoms with Crippen molar-refractivity contribution in [3.63, 3.8) is 0 Å². The van der Waals surface area contributed by atoms with Crippen LogP contribution in [-0.2, 0) is 6.42 Å². The number of hydrogen-bond acceptors (Lipinski definition) is 6. The fourth-order valence-electron chi connectivity index (χ4n) is 4.24. The SMILES string of the molecule is CC(C#N)=Cc1cc(C)c(N2CCc3c(C)nc(Nc4ccc(C#N)cc4)nc32)c(C)c1. The molecule has 1 N–H and O–H groups in total. The molecule has 0 saturated carbocycles. The third-order valence-corrected chi connectivity index (χ3v) is 5.65. The number of allylic oxidation sites excluding steroid dienone is 1. The smallest absolute Gasteiger partial charge is 0.229 e.